The van der Waals surface area contributed by atoms with Gasteiger partial charge in [0.15, 0.2) is 11.6 Å². The maximum atomic E-state index is 13.1. The van der Waals surface area contributed by atoms with Crippen molar-refractivity contribution in [3.05, 3.63) is 47.9 Å². The second kappa shape index (κ2) is 6.74. The van der Waals surface area contributed by atoms with Crippen LogP contribution in [0.5, 0.6) is 0 Å². The molecule has 0 unspecified atom stereocenters. The Morgan fingerprint density at radius 3 is 2.76 bits per heavy atom. The fourth-order valence-electron chi connectivity index (χ4n) is 1.58. The van der Waals surface area contributed by atoms with Crippen molar-refractivity contribution in [1.29, 1.82) is 0 Å². The third-order valence-corrected chi connectivity index (χ3v) is 2.60. The summed E-state index contributed by atoms with van der Waals surface area (Å²) in [6.45, 7) is 2.71. The number of amides is 1. The van der Waals surface area contributed by atoms with Crippen LogP contribution in [0.3, 0.4) is 0 Å². The highest BCUT2D eigenvalue weighted by Crippen LogP contribution is 2.14. The molecule has 0 atom stereocenters. The number of anilines is 2. The maximum Gasteiger partial charge on any atom is 0.275 e. The van der Waals surface area contributed by atoms with Gasteiger partial charge in [0.1, 0.15) is 11.5 Å². The Kier molecular flexibility index (Phi) is 4.76. The number of carbonyl (C=O) groups is 1. The molecule has 2 N–H and O–H groups in total. The smallest absolute Gasteiger partial charge is 0.275 e. The van der Waals surface area contributed by atoms with Gasteiger partial charge in [0.05, 0.1) is 12.4 Å². The molecule has 21 heavy (non-hydrogen) atoms. The van der Waals surface area contributed by atoms with E-state index in [0.29, 0.717) is 12.4 Å². The van der Waals surface area contributed by atoms with E-state index in [-0.39, 0.29) is 11.4 Å². The Balaban J connectivity index is 2.10. The number of halogens is 2. The van der Waals surface area contributed by atoms with E-state index in [1.54, 1.807) is 0 Å². The quantitative estimate of drug-likeness (QED) is 0.889. The van der Waals surface area contributed by atoms with Crippen molar-refractivity contribution in [2.45, 2.75) is 13.3 Å². The zero-order chi connectivity index (χ0) is 15.2. The Bertz CT molecular complexity index is 649. The standard InChI is InChI=1S/C14H14F2N4O/c1-2-5-18-13-8-17-7-12(20-13)14(21)19-9-3-4-10(15)11(16)6-9/h3-4,6-8H,2,5H2,1H3,(H,18,20)(H,19,21). The van der Waals surface area contributed by atoms with E-state index in [0.717, 1.165) is 18.6 Å². The van der Waals surface area contributed by atoms with Crippen molar-refractivity contribution in [2.75, 3.05) is 17.2 Å². The lowest BCUT2D eigenvalue weighted by molar-refractivity contribution is 0.102. The zero-order valence-corrected chi connectivity index (χ0v) is 11.4. The van der Waals surface area contributed by atoms with Crippen LogP contribution in [0.25, 0.3) is 0 Å². The number of carbonyl (C=O) groups excluding carboxylic acids is 1. The van der Waals surface area contributed by atoms with Gasteiger partial charge in [-0.1, -0.05) is 6.92 Å². The van der Waals surface area contributed by atoms with Crippen LogP contribution in [-0.2, 0) is 0 Å². The molecule has 0 bridgehead atoms. The third-order valence-electron chi connectivity index (χ3n) is 2.60. The summed E-state index contributed by atoms with van der Waals surface area (Å²) in [4.78, 5) is 20.0. The van der Waals surface area contributed by atoms with E-state index in [1.165, 1.54) is 18.5 Å². The van der Waals surface area contributed by atoms with Gasteiger partial charge in [0, 0.05) is 18.3 Å². The van der Waals surface area contributed by atoms with Crippen LogP contribution in [0.1, 0.15) is 23.8 Å². The van der Waals surface area contributed by atoms with Gasteiger partial charge < -0.3 is 10.6 Å². The summed E-state index contributed by atoms with van der Waals surface area (Å²) in [6, 6.07) is 3.11. The largest absolute Gasteiger partial charge is 0.369 e. The van der Waals surface area contributed by atoms with Crippen LogP contribution < -0.4 is 10.6 Å². The monoisotopic (exact) mass is 292 g/mol. The van der Waals surface area contributed by atoms with E-state index in [1.807, 2.05) is 6.92 Å². The van der Waals surface area contributed by atoms with Crippen LogP contribution in [0.15, 0.2) is 30.6 Å². The summed E-state index contributed by atoms with van der Waals surface area (Å²) in [7, 11) is 0. The first-order valence-corrected chi connectivity index (χ1v) is 6.42. The first-order valence-electron chi connectivity index (χ1n) is 6.42. The molecule has 0 aliphatic heterocycles. The molecule has 0 aliphatic rings. The maximum absolute atomic E-state index is 13.1. The molecule has 0 saturated heterocycles. The second-order valence-corrected chi connectivity index (χ2v) is 4.30. The fourth-order valence-corrected chi connectivity index (χ4v) is 1.58. The molecule has 1 aromatic heterocycles. The van der Waals surface area contributed by atoms with Gasteiger partial charge in [0.25, 0.3) is 5.91 Å². The van der Waals surface area contributed by atoms with Gasteiger partial charge in [-0.25, -0.2) is 13.8 Å². The molecular formula is C14H14F2N4O. The van der Waals surface area contributed by atoms with Crippen LogP contribution in [0.2, 0.25) is 0 Å². The Hall–Kier alpha value is -2.57. The number of hydrogen-bond donors (Lipinski definition) is 2. The Morgan fingerprint density at radius 2 is 2.05 bits per heavy atom. The van der Waals surface area contributed by atoms with E-state index < -0.39 is 17.5 Å². The molecule has 0 aliphatic carbocycles. The molecule has 1 amide bonds. The highest BCUT2D eigenvalue weighted by Gasteiger charge is 2.11. The summed E-state index contributed by atoms with van der Waals surface area (Å²) in [5, 5.41) is 5.44. The van der Waals surface area contributed by atoms with Crippen molar-refractivity contribution < 1.29 is 13.6 Å². The summed E-state index contributed by atoms with van der Waals surface area (Å²) in [5.41, 5.74) is 0.230. The van der Waals surface area contributed by atoms with Gasteiger partial charge in [-0.3, -0.25) is 9.78 Å². The summed E-state index contributed by atoms with van der Waals surface area (Å²) in [5.74, 6) is -2.07. The molecule has 0 saturated carbocycles. The van der Waals surface area contributed by atoms with Crippen molar-refractivity contribution in [2.24, 2.45) is 0 Å². The molecule has 1 heterocycles. The van der Waals surface area contributed by atoms with Crippen LogP contribution in [0, 0.1) is 11.6 Å². The number of nitrogens with zero attached hydrogens (tertiary/aromatic N) is 2. The van der Waals surface area contributed by atoms with Gasteiger partial charge in [0.2, 0.25) is 0 Å². The molecule has 2 aromatic rings. The first kappa shape index (κ1) is 14.8. The summed E-state index contributed by atoms with van der Waals surface area (Å²) in [6.07, 6.45) is 3.71. The van der Waals surface area contributed by atoms with E-state index in [2.05, 4.69) is 20.6 Å². The van der Waals surface area contributed by atoms with Gasteiger partial charge in [-0.05, 0) is 18.6 Å². The van der Waals surface area contributed by atoms with E-state index in [9.17, 15) is 13.6 Å². The lowest BCUT2D eigenvalue weighted by Crippen LogP contribution is -2.15. The molecule has 7 heteroatoms. The van der Waals surface area contributed by atoms with Crippen molar-refractivity contribution >= 4 is 17.4 Å². The van der Waals surface area contributed by atoms with Crippen molar-refractivity contribution in [1.82, 2.24) is 9.97 Å². The number of benzene rings is 1. The fraction of sp³-hybridized carbons (Fsp3) is 0.214. The molecule has 0 fully saturated rings. The lowest BCUT2D eigenvalue weighted by Gasteiger charge is -2.07. The van der Waals surface area contributed by atoms with E-state index in [4.69, 9.17) is 0 Å². The van der Waals surface area contributed by atoms with E-state index >= 15 is 0 Å². The van der Waals surface area contributed by atoms with Crippen molar-refractivity contribution in [3.8, 4) is 0 Å². The lowest BCUT2D eigenvalue weighted by atomic mass is 10.3. The average Bonchev–Trinajstić information content (AvgIpc) is 2.49. The number of rotatable bonds is 5. The topological polar surface area (TPSA) is 66.9 Å². The number of nitrogens with one attached hydrogen (secondary N) is 2. The minimum atomic E-state index is -1.03. The molecule has 1 aromatic carbocycles. The second-order valence-electron chi connectivity index (χ2n) is 4.30. The average molecular weight is 292 g/mol. The molecule has 5 nitrogen and oxygen atoms in total. The molecule has 0 spiro atoms. The number of aromatic nitrogens is 2. The summed E-state index contributed by atoms with van der Waals surface area (Å²) < 4.78 is 25.9. The van der Waals surface area contributed by atoms with Gasteiger partial charge in [-0.15, -0.1) is 0 Å². The summed E-state index contributed by atoms with van der Waals surface area (Å²) >= 11 is 0. The normalized spacial score (nSPS) is 10.2. The Labute approximate surface area is 120 Å². The van der Waals surface area contributed by atoms with Crippen LogP contribution in [0.4, 0.5) is 20.3 Å². The predicted octanol–water partition coefficient (Wildman–Crippen LogP) is 2.83. The first-order chi connectivity index (χ1) is 10.1. The third kappa shape index (κ3) is 3.95. The molecule has 2 rings (SSSR count). The number of hydrogen-bond acceptors (Lipinski definition) is 4. The minimum Gasteiger partial charge on any atom is -0.369 e. The predicted molar refractivity (Wildman–Crippen MR) is 75.1 cm³/mol. The molecule has 0 radical (unpaired) electrons. The SMILES string of the molecule is CCCNc1cncc(C(=O)Nc2ccc(F)c(F)c2)n1. The molecular weight excluding hydrogens is 278 g/mol. The molecule has 110 valence electrons. The zero-order valence-electron chi connectivity index (χ0n) is 11.4. The van der Waals surface area contributed by atoms with Crippen LogP contribution >= 0.6 is 0 Å². The van der Waals surface area contributed by atoms with Crippen molar-refractivity contribution in [3.63, 3.8) is 0 Å². The van der Waals surface area contributed by atoms with Gasteiger partial charge >= 0.3 is 0 Å². The minimum absolute atomic E-state index is 0.0841. The highest BCUT2D eigenvalue weighted by atomic mass is 19.2. The highest BCUT2D eigenvalue weighted by molar-refractivity contribution is 6.02. The Morgan fingerprint density at radius 1 is 1.24 bits per heavy atom. The van der Waals surface area contributed by atoms with Gasteiger partial charge in [-0.2, -0.15) is 0 Å². The van der Waals surface area contributed by atoms with Crippen LogP contribution in [-0.4, -0.2) is 22.4 Å².